The molecule has 39 valence electrons. The molecule has 1 aromatic carbocycles. The Morgan fingerprint density at radius 2 is 1.50 bits per heavy atom. The summed E-state index contributed by atoms with van der Waals surface area (Å²) in [4.78, 5) is 0. The second-order valence-corrected chi connectivity index (χ2v) is 1.65. The van der Waals surface area contributed by atoms with E-state index in [1.54, 1.807) is 0 Å². The van der Waals surface area contributed by atoms with Gasteiger partial charge in [-0.1, -0.05) is 35.9 Å². The SMILES string of the molecule is Cc1ccccc1.[Y]. The molecule has 1 aromatic rings. The van der Waals surface area contributed by atoms with Crippen molar-refractivity contribution in [2.75, 3.05) is 0 Å². The Hall–Kier alpha value is 0.324. The number of hydrogen-bond donors (Lipinski definition) is 0. The van der Waals surface area contributed by atoms with Crippen molar-refractivity contribution < 1.29 is 32.7 Å². The van der Waals surface area contributed by atoms with E-state index in [1.807, 2.05) is 18.2 Å². The van der Waals surface area contributed by atoms with Crippen LogP contribution in [0, 0.1) is 6.92 Å². The Bertz CT molecular complexity index is 134. The van der Waals surface area contributed by atoms with E-state index in [2.05, 4.69) is 19.1 Å². The van der Waals surface area contributed by atoms with Gasteiger partial charge in [-0.25, -0.2) is 0 Å². The molecular weight excluding hydrogens is 173 g/mol. The van der Waals surface area contributed by atoms with Gasteiger partial charge in [0.1, 0.15) is 0 Å². The van der Waals surface area contributed by atoms with Gasteiger partial charge in [0.25, 0.3) is 0 Å². The van der Waals surface area contributed by atoms with Crippen molar-refractivity contribution >= 4 is 0 Å². The fraction of sp³-hybridized carbons (Fsp3) is 0.143. The van der Waals surface area contributed by atoms with E-state index in [9.17, 15) is 0 Å². The molecule has 0 aliphatic carbocycles. The van der Waals surface area contributed by atoms with Gasteiger partial charge in [0.05, 0.1) is 0 Å². The first kappa shape index (κ1) is 8.32. The molecule has 1 rings (SSSR count). The number of hydrogen-bond acceptors (Lipinski definition) is 0. The summed E-state index contributed by atoms with van der Waals surface area (Å²) >= 11 is 0. The van der Waals surface area contributed by atoms with Crippen LogP contribution < -0.4 is 0 Å². The smallest absolute Gasteiger partial charge is 0 e. The molecule has 0 nitrogen and oxygen atoms in total. The van der Waals surface area contributed by atoms with E-state index in [0.29, 0.717) is 0 Å². The third-order valence-corrected chi connectivity index (χ3v) is 0.940. The predicted octanol–water partition coefficient (Wildman–Crippen LogP) is 1.99. The second kappa shape index (κ2) is 4.23. The van der Waals surface area contributed by atoms with E-state index in [1.165, 1.54) is 5.56 Å². The van der Waals surface area contributed by atoms with Crippen LogP contribution in [0.2, 0.25) is 0 Å². The molecule has 1 heteroatoms. The van der Waals surface area contributed by atoms with Crippen LogP contribution in [0.25, 0.3) is 0 Å². The summed E-state index contributed by atoms with van der Waals surface area (Å²) in [5, 5.41) is 0. The minimum atomic E-state index is 0. The summed E-state index contributed by atoms with van der Waals surface area (Å²) < 4.78 is 0. The van der Waals surface area contributed by atoms with Gasteiger partial charge in [-0.2, -0.15) is 0 Å². The maximum absolute atomic E-state index is 2.08. The molecular formula is C7H8Y. The van der Waals surface area contributed by atoms with Crippen LogP contribution >= 0.6 is 0 Å². The van der Waals surface area contributed by atoms with Crippen LogP contribution in [0.3, 0.4) is 0 Å². The van der Waals surface area contributed by atoms with Gasteiger partial charge in [-0.15, -0.1) is 0 Å². The molecule has 0 saturated heterocycles. The molecule has 0 amide bonds. The van der Waals surface area contributed by atoms with Gasteiger partial charge in [0, 0.05) is 32.7 Å². The average molecular weight is 181 g/mol. The van der Waals surface area contributed by atoms with E-state index < -0.39 is 0 Å². The fourth-order valence-electron chi connectivity index (χ4n) is 0.534. The van der Waals surface area contributed by atoms with Crippen molar-refractivity contribution in [3.05, 3.63) is 35.9 Å². The predicted molar refractivity (Wildman–Crippen MR) is 31.2 cm³/mol. The second-order valence-electron chi connectivity index (χ2n) is 1.65. The average Bonchev–Trinajstić information content (AvgIpc) is 1.69. The molecule has 0 fully saturated rings. The van der Waals surface area contributed by atoms with Crippen molar-refractivity contribution in [3.8, 4) is 0 Å². The summed E-state index contributed by atoms with van der Waals surface area (Å²) in [5.41, 5.74) is 1.32. The Morgan fingerprint density at radius 3 is 1.75 bits per heavy atom. The molecule has 0 unspecified atom stereocenters. The van der Waals surface area contributed by atoms with Gasteiger partial charge in [0.15, 0.2) is 0 Å². The van der Waals surface area contributed by atoms with Crippen LogP contribution in [0.4, 0.5) is 0 Å². The van der Waals surface area contributed by atoms with Crippen LogP contribution in [-0.2, 0) is 32.7 Å². The van der Waals surface area contributed by atoms with E-state index in [-0.39, 0.29) is 32.7 Å². The third kappa shape index (κ3) is 2.59. The molecule has 0 saturated carbocycles. The molecule has 0 aromatic heterocycles. The van der Waals surface area contributed by atoms with Gasteiger partial charge in [-0.05, 0) is 6.92 Å². The van der Waals surface area contributed by atoms with Crippen molar-refractivity contribution in [1.29, 1.82) is 0 Å². The normalized spacial score (nSPS) is 7.62. The number of aryl methyl sites for hydroxylation is 1. The number of benzene rings is 1. The quantitative estimate of drug-likeness (QED) is 0.574. The van der Waals surface area contributed by atoms with Crippen LogP contribution in [0.15, 0.2) is 30.3 Å². The minimum absolute atomic E-state index is 0. The van der Waals surface area contributed by atoms with Crippen LogP contribution in [0.1, 0.15) is 5.56 Å². The van der Waals surface area contributed by atoms with Gasteiger partial charge in [-0.3, -0.25) is 0 Å². The Kier molecular flexibility index (Phi) is 4.40. The Morgan fingerprint density at radius 1 is 1.00 bits per heavy atom. The molecule has 0 heterocycles. The molecule has 0 spiro atoms. The fourth-order valence-corrected chi connectivity index (χ4v) is 0.534. The first-order valence-corrected chi connectivity index (χ1v) is 2.41. The monoisotopic (exact) mass is 181 g/mol. The van der Waals surface area contributed by atoms with Gasteiger partial charge < -0.3 is 0 Å². The zero-order chi connectivity index (χ0) is 5.11. The Balaban J connectivity index is 0.000000490. The molecule has 0 aliphatic heterocycles. The standard InChI is InChI=1S/C7H8.Y/c1-7-5-3-2-4-6-7;/h2-6H,1H3;. The summed E-state index contributed by atoms with van der Waals surface area (Å²) in [6.45, 7) is 2.08. The van der Waals surface area contributed by atoms with Crippen molar-refractivity contribution in [3.63, 3.8) is 0 Å². The summed E-state index contributed by atoms with van der Waals surface area (Å²) in [6.07, 6.45) is 0. The summed E-state index contributed by atoms with van der Waals surface area (Å²) in [5.74, 6) is 0. The van der Waals surface area contributed by atoms with Gasteiger partial charge in [0.2, 0.25) is 0 Å². The molecule has 0 bridgehead atoms. The van der Waals surface area contributed by atoms with Crippen molar-refractivity contribution in [2.24, 2.45) is 0 Å². The third-order valence-electron chi connectivity index (χ3n) is 0.940. The van der Waals surface area contributed by atoms with Crippen molar-refractivity contribution in [1.82, 2.24) is 0 Å². The molecule has 0 aliphatic rings. The topological polar surface area (TPSA) is 0 Å². The van der Waals surface area contributed by atoms with E-state index in [0.717, 1.165) is 0 Å². The zero-order valence-corrected chi connectivity index (χ0v) is 7.80. The van der Waals surface area contributed by atoms with E-state index >= 15 is 0 Å². The molecule has 0 atom stereocenters. The maximum Gasteiger partial charge on any atom is 0 e. The first-order chi connectivity index (χ1) is 3.39. The van der Waals surface area contributed by atoms with Crippen molar-refractivity contribution in [2.45, 2.75) is 6.92 Å². The minimum Gasteiger partial charge on any atom is -0.0622 e. The largest absolute Gasteiger partial charge is 0.0622 e. The van der Waals surface area contributed by atoms with E-state index in [4.69, 9.17) is 0 Å². The van der Waals surface area contributed by atoms with Crippen LogP contribution in [0.5, 0.6) is 0 Å². The zero-order valence-electron chi connectivity index (χ0n) is 4.96. The Labute approximate surface area is 75.2 Å². The molecule has 8 heavy (non-hydrogen) atoms. The first-order valence-electron chi connectivity index (χ1n) is 2.41. The maximum atomic E-state index is 2.08. The number of rotatable bonds is 0. The molecule has 0 N–H and O–H groups in total. The molecule has 1 radical (unpaired) electrons. The summed E-state index contributed by atoms with van der Waals surface area (Å²) in [7, 11) is 0. The summed E-state index contributed by atoms with van der Waals surface area (Å²) in [6, 6.07) is 10.3. The van der Waals surface area contributed by atoms with Gasteiger partial charge >= 0.3 is 0 Å². The van der Waals surface area contributed by atoms with Crippen LogP contribution in [-0.4, -0.2) is 0 Å².